The summed E-state index contributed by atoms with van der Waals surface area (Å²) in [6.45, 7) is 2.00. The van der Waals surface area contributed by atoms with Gasteiger partial charge >= 0.3 is 0 Å². The topological polar surface area (TPSA) is 64.3 Å². The van der Waals surface area contributed by atoms with Crippen LogP contribution in [-0.4, -0.2) is 13.0 Å². The minimum Gasteiger partial charge on any atom is -0.496 e. The molecule has 1 aliphatic heterocycles. The Kier molecular flexibility index (Phi) is 3.39. The van der Waals surface area contributed by atoms with Crippen LogP contribution >= 0.6 is 0 Å². The maximum Gasteiger partial charge on any atom is 0.228 e. The number of anilines is 1. The Labute approximate surface area is 123 Å². The van der Waals surface area contributed by atoms with E-state index in [0.29, 0.717) is 6.42 Å². The van der Waals surface area contributed by atoms with E-state index in [9.17, 15) is 4.79 Å². The standard InChI is InChI=1S/C17H18N2O2/c1-10-3-4-12(8-15(10)21-2)17(18)11-5-6-14-13(7-11)9-16(20)19-14/h3-8,17H,9,18H2,1-2H3,(H,19,20). The zero-order valence-corrected chi connectivity index (χ0v) is 12.1. The van der Waals surface area contributed by atoms with Gasteiger partial charge in [-0.15, -0.1) is 0 Å². The molecule has 1 atom stereocenters. The Hall–Kier alpha value is -2.33. The van der Waals surface area contributed by atoms with Crippen LogP contribution in [0.4, 0.5) is 5.69 Å². The van der Waals surface area contributed by atoms with Gasteiger partial charge in [-0.25, -0.2) is 0 Å². The average molecular weight is 282 g/mol. The first-order valence-corrected chi connectivity index (χ1v) is 6.91. The number of aryl methyl sites for hydroxylation is 1. The first kappa shape index (κ1) is 13.6. The smallest absolute Gasteiger partial charge is 0.228 e. The molecule has 4 nitrogen and oxygen atoms in total. The molecule has 2 aromatic rings. The summed E-state index contributed by atoms with van der Waals surface area (Å²) in [6, 6.07) is 11.6. The third kappa shape index (κ3) is 2.50. The van der Waals surface area contributed by atoms with E-state index < -0.39 is 0 Å². The van der Waals surface area contributed by atoms with Crippen LogP contribution < -0.4 is 15.8 Å². The number of carbonyl (C=O) groups is 1. The molecule has 3 N–H and O–H groups in total. The van der Waals surface area contributed by atoms with Crippen molar-refractivity contribution in [2.24, 2.45) is 5.73 Å². The lowest BCUT2D eigenvalue weighted by atomic mass is 9.96. The van der Waals surface area contributed by atoms with Gasteiger partial charge in [-0.3, -0.25) is 4.79 Å². The molecule has 1 heterocycles. The Morgan fingerprint density at radius 2 is 1.90 bits per heavy atom. The SMILES string of the molecule is COc1cc(C(N)c2ccc3c(c2)CC(=O)N3)ccc1C. The monoisotopic (exact) mass is 282 g/mol. The van der Waals surface area contributed by atoms with E-state index in [1.54, 1.807) is 7.11 Å². The third-order valence-corrected chi connectivity index (χ3v) is 3.90. The maximum absolute atomic E-state index is 11.4. The minimum absolute atomic E-state index is 0.0349. The van der Waals surface area contributed by atoms with Gasteiger partial charge in [0.15, 0.2) is 0 Å². The Morgan fingerprint density at radius 3 is 2.67 bits per heavy atom. The third-order valence-electron chi connectivity index (χ3n) is 3.90. The average Bonchev–Trinajstić information content (AvgIpc) is 2.86. The molecule has 0 fully saturated rings. The molecule has 1 aliphatic rings. The van der Waals surface area contributed by atoms with Gasteiger partial charge in [-0.1, -0.05) is 24.3 Å². The Morgan fingerprint density at radius 1 is 1.19 bits per heavy atom. The molecule has 0 saturated carbocycles. The van der Waals surface area contributed by atoms with Crippen molar-refractivity contribution in [3.8, 4) is 5.75 Å². The maximum atomic E-state index is 11.4. The number of hydrogen-bond acceptors (Lipinski definition) is 3. The molecule has 0 radical (unpaired) electrons. The highest BCUT2D eigenvalue weighted by molar-refractivity contribution is 5.99. The van der Waals surface area contributed by atoms with E-state index in [4.69, 9.17) is 10.5 Å². The van der Waals surface area contributed by atoms with Crippen molar-refractivity contribution in [1.82, 2.24) is 0 Å². The number of nitrogens with two attached hydrogens (primary N) is 1. The van der Waals surface area contributed by atoms with Crippen LogP contribution in [0.15, 0.2) is 36.4 Å². The van der Waals surface area contributed by atoms with Crippen molar-refractivity contribution >= 4 is 11.6 Å². The molecule has 0 bridgehead atoms. The van der Waals surface area contributed by atoms with Gasteiger partial charge in [0.05, 0.1) is 19.6 Å². The van der Waals surface area contributed by atoms with Gasteiger partial charge in [0.1, 0.15) is 5.75 Å². The van der Waals surface area contributed by atoms with E-state index in [-0.39, 0.29) is 11.9 Å². The van der Waals surface area contributed by atoms with Crippen LogP contribution in [0.1, 0.15) is 28.3 Å². The number of fused-ring (bicyclic) bond motifs is 1. The fourth-order valence-corrected chi connectivity index (χ4v) is 2.67. The molecule has 1 amide bonds. The molecule has 2 aromatic carbocycles. The zero-order valence-electron chi connectivity index (χ0n) is 12.1. The molecular weight excluding hydrogens is 264 g/mol. The quantitative estimate of drug-likeness (QED) is 0.909. The lowest BCUT2D eigenvalue weighted by molar-refractivity contribution is -0.115. The fourth-order valence-electron chi connectivity index (χ4n) is 2.67. The number of nitrogens with one attached hydrogen (secondary N) is 1. The summed E-state index contributed by atoms with van der Waals surface area (Å²) in [7, 11) is 1.66. The highest BCUT2D eigenvalue weighted by Gasteiger charge is 2.19. The summed E-state index contributed by atoms with van der Waals surface area (Å²) in [5.74, 6) is 0.869. The molecule has 1 unspecified atom stereocenters. The van der Waals surface area contributed by atoms with E-state index in [1.807, 2.05) is 43.3 Å². The second-order valence-corrected chi connectivity index (χ2v) is 5.35. The summed E-state index contributed by atoms with van der Waals surface area (Å²) in [5, 5.41) is 2.83. The van der Waals surface area contributed by atoms with Crippen molar-refractivity contribution in [3.63, 3.8) is 0 Å². The number of ether oxygens (including phenoxy) is 1. The molecule has 4 heteroatoms. The summed E-state index contributed by atoms with van der Waals surface area (Å²) >= 11 is 0. The minimum atomic E-state index is -0.236. The summed E-state index contributed by atoms with van der Waals surface area (Å²) < 4.78 is 5.35. The molecule has 0 saturated heterocycles. The molecule has 0 spiro atoms. The van der Waals surface area contributed by atoms with Crippen molar-refractivity contribution in [3.05, 3.63) is 58.7 Å². The molecule has 21 heavy (non-hydrogen) atoms. The number of rotatable bonds is 3. The molecule has 0 aliphatic carbocycles. The van der Waals surface area contributed by atoms with E-state index in [1.165, 1.54) is 0 Å². The predicted octanol–water partition coefficient (Wildman–Crippen LogP) is 2.55. The predicted molar refractivity (Wildman–Crippen MR) is 82.5 cm³/mol. The van der Waals surface area contributed by atoms with Crippen LogP contribution in [0.25, 0.3) is 0 Å². The van der Waals surface area contributed by atoms with Crippen LogP contribution in [-0.2, 0) is 11.2 Å². The van der Waals surface area contributed by atoms with Gasteiger partial charge in [0.2, 0.25) is 5.91 Å². The van der Waals surface area contributed by atoms with Gasteiger partial charge in [0, 0.05) is 5.69 Å². The van der Waals surface area contributed by atoms with E-state index in [2.05, 4.69) is 5.32 Å². The normalized spacial score (nSPS) is 14.5. The number of hydrogen-bond donors (Lipinski definition) is 2. The first-order chi connectivity index (χ1) is 10.1. The van der Waals surface area contributed by atoms with Crippen molar-refractivity contribution < 1.29 is 9.53 Å². The highest BCUT2D eigenvalue weighted by Crippen LogP contribution is 2.30. The summed E-state index contributed by atoms with van der Waals surface area (Å²) in [4.78, 5) is 11.4. The molecule has 0 aromatic heterocycles. The Balaban J connectivity index is 1.94. The first-order valence-electron chi connectivity index (χ1n) is 6.91. The number of benzene rings is 2. The zero-order chi connectivity index (χ0) is 15.0. The lowest BCUT2D eigenvalue weighted by Gasteiger charge is -2.15. The number of carbonyl (C=O) groups excluding carboxylic acids is 1. The van der Waals surface area contributed by atoms with E-state index in [0.717, 1.165) is 33.7 Å². The molecule has 3 rings (SSSR count). The fraction of sp³-hybridized carbons (Fsp3) is 0.235. The van der Waals surface area contributed by atoms with Crippen molar-refractivity contribution in [2.75, 3.05) is 12.4 Å². The van der Waals surface area contributed by atoms with Gasteiger partial charge < -0.3 is 15.8 Å². The van der Waals surface area contributed by atoms with Crippen LogP contribution in [0.5, 0.6) is 5.75 Å². The van der Waals surface area contributed by atoms with Crippen molar-refractivity contribution in [1.29, 1.82) is 0 Å². The van der Waals surface area contributed by atoms with Crippen LogP contribution in [0.3, 0.4) is 0 Å². The second-order valence-electron chi connectivity index (χ2n) is 5.35. The lowest BCUT2D eigenvalue weighted by Crippen LogP contribution is -2.12. The number of methoxy groups -OCH3 is 1. The highest BCUT2D eigenvalue weighted by atomic mass is 16.5. The van der Waals surface area contributed by atoms with Gasteiger partial charge in [0.25, 0.3) is 0 Å². The molecule has 108 valence electrons. The van der Waals surface area contributed by atoms with Crippen LogP contribution in [0.2, 0.25) is 0 Å². The summed E-state index contributed by atoms with van der Waals surface area (Å²) in [6.07, 6.45) is 0.424. The largest absolute Gasteiger partial charge is 0.496 e. The van der Waals surface area contributed by atoms with Crippen molar-refractivity contribution in [2.45, 2.75) is 19.4 Å². The summed E-state index contributed by atoms with van der Waals surface area (Å²) in [5.41, 5.74) is 11.3. The van der Waals surface area contributed by atoms with E-state index >= 15 is 0 Å². The number of amides is 1. The van der Waals surface area contributed by atoms with Gasteiger partial charge in [-0.05, 0) is 41.3 Å². The van der Waals surface area contributed by atoms with Crippen LogP contribution in [0, 0.1) is 6.92 Å². The van der Waals surface area contributed by atoms with Gasteiger partial charge in [-0.2, -0.15) is 0 Å². The second kappa shape index (κ2) is 5.22. The Bertz CT molecular complexity index is 710. The molecular formula is C17H18N2O2.